The smallest absolute Gasteiger partial charge is 0.372 e. The SMILES string of the molecule is Fc1ccc(C(CNC2CC2)OCCCC(F)(F)F)cc1. The third-order valence-electron chi connectivity index (χ3n) is 3.33. The highest BCUT2D eigenvalue weighted by molar-refractivity contribution is 5.19. The summed E-state index contributed by atoms with van der Waals surface area (Å²) in [5, 5.41) is 3.29. The number of nitrogens with one attached hydrogen (secondary N) is 1. The van der Waals surface area contributed by atoms with Crippen molar-refractivity contribution in [1.29, 1.82) is 0 Å². The van der Waals surface area contributed by atoms with E-state index in [4.69, 9.17) is 4.74 Å². The topological polar surface area (TPSA) is 21.3 Å². The Morgan fingerprint density at radius 3 is 2.43 bits per heavy atom. The Morgan fingerprint density at radius 2 is 1.86 bits per heavy atom. The van der Waals surface area contributed by atoms with Gasteiger partial charge in [-0.2, -0.15) is 13.2 Å². The number of alkyl halides is 3. The molecule has 0 saturated heterocycles. The fourth-order valence-electron chi connectivity index (χ4n) is 2.01. The third-order valence-corrected chi connectivity index (χ3v) is 3.33. The maximum atomic E-state index is 12.9. The Bertz CT molecular complexity index is 428. The van der Waals surface area contributed by atoms with Gasteiger partial charge >= 0.3 is 6.18 Å². The first-order valence-electron chi connectivity index (χ1n) is 7.11. The molecule has 21 heavy (non-hydrogen) atoms. The normalized spacial score (nSPS) is 17.0. The number of halogens is 4. The van der Waals surface area contributed by atoms with Gasteiger partial charge in [-0.1, -0.05) is 12.1 Å². The molecule has 6 heteroatoms. The van der Waals surface area contributed by atoms with Crippen LogP contribution in [0.5, 0.6) is 0 Å². The molecule has 1 atom stereocenters. The Kier molecular flexibility index (Phi) is 5.58. The molecule has 1 aliphatic carbocycles. The molecule has 1 aliphatic rings. The summed E-state index contributed by atoms with van der Waals surface area (Å²) in [6, 6.07) is 6.36. The lowest BCUT2D eigenvalue weighted by Crippen LogP contribution is -2.25. The van der Waals surface area contributed by atoms with Crippen LogP contribution in [0.2, 0.25) is 0 Å². The van der Waals surface area contributed by atoms with Crippen molar-refractivity contribution >= 4 is 0 Å². The van der Waals surface area contributed by atoms with Gasteiger partial charge in [0, 0.05) is 25.6 Å². The van der Waals surface area contributed by atoms with E-state index in [1.165, 1.54) is 12.1 Å². The van der Waals surface area contributed by atoms with Crippen molar-refractivity contribution < 1.29 is 22.3 Å². The van der Waals surface area contributed by atoms with Crippen LogP contribution in [0.3, 0.4) is 0 Å². The van der Waals surface area contributed by atoms with Crippen LogP contribution in [-0.4, -0.2) is 25.4 Å². The molecule has 1 aromatic carbocycles. The third kappa shape index (κ3) is 6.44. The van der Waals surface area contributed by atoms with Crippen molar-refractivity contribution in [1.82, 2.24) is 5.32 Å². The summed E-state index contributed by atoms with van der Waals surface area (Å²) in [6.07, 6.45) is -3.18. The average Bonchev–Trinajstić information content (AvgIpc) is 3.22. The first-order chi connectivity index (χ1) is 9.94. The van der Waals surface area contributed by atoms with E-state index in [9.17, 15) is 17.6 Å². The second kappa shape index (κ2) is 7.22. The summed E-state index contributed by atoms with van der Waals surface area (Å²) in [5.74, 6) is -0.343. The molecule has 1 aromatic rings. The van der Waals surface area contributed by atoms with E-state index in [1.54, 1.807) is 12.1 Å². The van der Waals surface area contributed by atoms with E-state index in [0.29, 0.717) is 12.6 Å². The van der Waals surface area contributed by atoms with E-state index in [2.05, 4.69) is 5.32 Å². The second-order valence-corrected chi connectivity index (χ2v) is 5.31. The van der Waals surface area contributed by atoms with Gasteiger partial charge in [-0.05, 0) is 37.0 Å². The first kappa shape index (κ1) is 16.2. The van der Waals surface area contributed by atoms with Crippen LogP contribution < -0.4 is 5.32 Å². The van der Waals surface area contributed by atoms with Crippen LogP contribution in [0.4, 0.5) is 17.6 Å². The van der Waals surface area contributed by atoms with E-state index >= 15 is 0 Å². The van der Waals surface area contributed by atoms with Gasteiger partial charge in [-0.15, -0.1) is 0 Å². The number of ether oxygens (including phenoxy) is 1. The zero-order valence-electron chi connectivity index (χ0n) is 11.6. The molecule has 0 bridgehead atoms. The highest BCUT2D eigenvalue weighted by Gasteiger charge is 2.27. The molecule has 1 fully saturated rings. The van der Waals surface area contributed by atoms with Gasteiger partial charge in [-0.25, -0.2) is 4.39 Å². The van der Waals surface area contributed by atoms with Gasteiger partial charge in [0.2, 0.25) is 0 Å². The molecule has 0 spiro atoms. The average molecular weight is 305 g/mol. The molecule has 1 saturated carbocycles. The fourth-order valence-corrected chi connectivity index (χ4v) is 2.01. The van der Waals surface area contributed by atoms with Crippen molar-refractivity contribution in [2.45, 2.75) is 44.0 Å². The highest BCUT2D eigenvalue weighted by Crippen LogP contribution is 2.24. The molecule has 1 unspecified atom stereocenters. The molecule has 0 heterocycles. The summed E-state index contributed by atoms with van der Waals surface area (Å²) in [5.41, 5.74) is 0.775. The standard InChI is InChI=1S/C15H19F4NO/c16-12-4-2-11(3-5-12)14(10-20-13-6-7-13)21-9-1-8-15(17,18)19/h2-5,13-14,20H,1,6-10H2. The van der Waals surface area contributed by atoms with E-state index in [1.807, 2.05) is 0 Å². The van der Waals surface area contributed by atoms with E-state index in [0.717, 1.165) is 18.4 Å². The van der Waals surface area contributed by atoms with Gasteiger partial charge in [0.25, 0.3) is 0 Å². The minimum absolute atomic E-state index is 0.0356. The quantitative estimate of drug-likeness (QED) is 0.579. The van der Waals surface area contributed by atoms with Crippen molar-refractivity contribution in [3.05, 3.63) is 35.6 Å². The number of rotatable bonds is 8. The lowest BCUT2D eigenvalue weighted by molar-refractivity contribution is -0.138. The van der Waals surface area contributed by atoms with Gasteiger partial charge in [0.15, 0.2) is 0 Å². The monoisotopic (exact) mass is 305 g/mol. The Hall–Kier alpha value is -1.14. The molecule has 1 N–H and O–H groups in total. The van der Waals surface area contributed by atoms with Crippen LogP contribution in [0.1, 0.15) is 37.4 Å². The van der Waals surface area contributed by atoms with Crippen molar-refractivity contribution in [2.75, 3.05) is 13.2 Å². The van der Waals surface area contributed by atoms with Gasteiger partial charge in [-0.3, -0.25) is 0 Å². The van der Waals surface area contributed by atoms with Crippen LogP contribution in [-0.2, 0) is 4.74 Å². The maximum Gasteiger partial charge on any atom is 0.389 e. The van der Waals surface area contributed by atoms with E-state index in [-0.39, 0.29) is 24.9 Å². The van der Waals surface area contributed by atoms with Crippen LogP contribution in [0.25, 0.3) is 0 Å². The second-order valence-electron chi connectivity index (χ2n) is 5.31. The van der Waals surface area contributed by atoms with Crippen LogP contribution in [0.15, 0.2) is 24.3 Å². The van der Waals surface area contributed by atoms with Gasteiger partial charge in [0.05, 0.1) is 6.10 Å². The fraction of sp³-hybridized carbons (Fsp3) is 0.600. The zero-order chi connectivity index (χ0) is 15.3. The summed E-state index contributed by atoms with van der Waals surface area (Å²) >= 11 is 0. The summed E-state index contributed by atoms with van der Waals surface area (Å²) in [7, 11) is 0. The predicted octanol–water partition coefficient (Wildman–Crippen LogP) is 3.98. The molecule has 0 aliphatic heterocycles. The number of hydrogen-bond donors (Lipinski definition) is 1. The van der Waals surface area contributed by atoms with E-state index < -0.39 is 12.6 Å². The van der Waals surface area contributed by atoms with Gasteiger partial charge < -0.3 is 10.1 Å². The van der Waals surface area contributed by atoms with Crippen molar-refractivity contribution in [3.8, 4) is 0 Å². The van der Waals surface area contributed by atoms with Crippen LogP contribution >= 0.6 is 0 Å². The Morgan fingerprint density at radius 1 is 1.19 bits per heavy atom. The molecule has 2 nitrogen and oxygen atoms in total. The van der Waals surface area contributed by atoms with Crippen molar-refractivity contribution in [2.24, 2.45) is 0 Å². The van der Waals surface area contributed by atoms with Crippen molar-refractivity contribution in [3.63, 3.8) is 0 Å². The summed E-state index contributed by atoms with van der Waals surface area (Å²) in [6.45, 7) is 0.566. The lowest BCUT2D eigenvalue weighted by atomic mass is 10.1. The predicted molar refractivity (Wildman–Crippen MR) is 71.4 cm³/mol. The Labute approximate surface area is 121 Å². The molecule has 0 aromatic heterocycles. The molecule has 2 rings (SSSR count). The Balaban J connectivity index is 1.83. The summed E-state index contributed by atoms with van der Waals surface area (Å²) < 4.78 is 54.8. The highest BCUT2D eigenvalue weighted by atomic mass is 19.4. The summed E-state index contributed by atoms with van der Waals surface area (Å²) in [4.78, 5) is 0. The molecular formula is C15H19F4NO. The maximum absolute atomic E-state index is 12.9. The molecular weight excluding hydrogens is 286 g/mol. The minimum atomic E-state index is -4.15. The largest absolute Gasteiger partial charge is 0.389 e. The minimum Gasteiger partial charge on any atom is -0.372 e. The molecule has 118 valence electrons. The van der Waals surface area contributed by atoms with Gasteiger partial charge in [0.1, 0.15) is 5.82 Å². The molecule has 0 amide bonds. The molecule has 0 radical (unpaired) electrons. The number of benzene rings is 1. The number of hydrogen-bond acceptors (Lipinski definition) is 2. The zero-order valence-corrected chi connectivity index (χ0v) is 11.6. The first-order valence-corrected chi connectivity index (χ1v) is 7.11. The lowest BCUT2D eigenvalue weighted by Gasteiger charge is -2.19. The van der Waals surface area contributed by atoms with Crippen LogP contribution in [0, 0.1) is 5.82 Å².